The molecule has 4 aromatic rings. The van der Waals surface area contributed by atoms with Crippen molar-refractivity contribution >= 4 is 53.7 Å². The molecule has 0 aliphatic carbocycles. The molecule has 1 atom stereocenters. The van der Waals surface area contributed by atoms with E-state index < -0.39 is 6.10 Å². The standard InChI is InChI=1S/C20H20Br2N4O2/c21-13-3-5-19-17(8-13)18-9-14(22)4-6-20(18)26(19)12-16(28)11-25-10-15(23-24-25)2-1-7-27/h3-6,8-10,16,27-28H,1-2,7,11-12H2. The minimum absolute atomic E-state index is 0.134. The first-order valence-corrected chi connectivity index (χ1v) is 10.7. The second kappa shape index (κ2) is 8.32. The van der Waals surface area contributed by atoms with Crippen LogP contribution in [0.3, 0.4) is 0 Å². The highest BCUT2D eigenvalue weighted by molar-refractivity contribution is 9.10. The maximum absolute atomic E-state index is 10.7. The fourth-order valence-corrected chi connectivity index (χ4v) is 4.25. The maximum atomic E-state index is 10.7. The van der Waals surface area contributed by atoms with Crippen LogP contribution in [-0.2, 0) is 19.5 Å². The Kier molecular flexibility index (Phi) is 5.82. The molecule has 0 saturated carbocycles. The quantitative estimate of drug-likeness (QED) is 0.398. The normalized spacial score (nSPS) is 12.9. The van der Waals surface area contributed by atoms with Gasteiger partial charge in [0.25, 0.3) is 0 Å². The number of fused-ring (bicyclic) bond motifs is 3. The molecule has 2 aromatic heterocycles. The lowest BCUT2D eigenvalue weighted by Gasteiger charge is -2.14. The van der Waals surface area contributed by atoms with Gasteiger partial charge in [0.15, 0.2) is 0 Å². The van der Waals surface area contributed by atoms with Gasteiger partial charge in [-0.3, -0.25) is 0 Å². The van der Waals surface area contributed by atoms with Crippen molar-refractivity contribution in [3.63, 3.8) is 0 Å². The van der Waals surface area contributed by atoms with Crippen LogP contribution >= 0.6 is 31.9 Å². The third-order valence-corrected chi connectivity index (χ3v) is 5.74. The zero-order valence-electron chi connectivity index (χ0n) is 15.1. The fraction of sp³-hybridized carbons (Fsp3) is 0.300. The molecule has 2 N–H and O–H groups in total. The number of hydrogen-bond acceptors (Lipinski definition) is 4. The summed E-state index contributed by atoms with van der Waals surface area (Å²) >= 11 is 7.11. The SMILES string of the molecule is OCCCc1cn(CC(O)Cn2c3ccc(Br)cc3c3cc(Br)ccc32)nn1. The molecule has 0 aliphatic rings. The van der Waals surface area contributed by atoms with Crippen LogP contribution in [0.25, 0.3) is 21.8 Å². The largest absolute Gasteiger partial charge is 0.396 e. The summed E-state index contributed by atoms with van der Waals surface area (Å²) in [6.07, 6.45) is 2.56. The van der Waals surface area contributed by atoms with Gasteiger partial charge in [0.2, 0.25) is 0 Å². The van der Waals surface area contributed by atoms with Gasteiger partial charge in [0.05, 0.1) is 24.9 Å². The van der Waals surface area contributed by atoms with Gasteiger partial charge in [-0.05, 0) is 49.2 Å². The number of nitrogens with zero attached hydrogens (tertiary/aromatic N) is 4. The van der Waals surface area contributed by atoms with Crippen molar-refractivity contribution in [1.29, 1.82) is 0 Å². The lowest BCUT2D eigenvalue weighted by molar-refractivity contribution is 0.132. The first kappa shape index (κ1) is 19.6. The molecule has 146 valence electrons. The average molecular weight is 508 g/mol. The Labute approximate surface area is 179 Å². The molecule has 2 aromatic carbocycles. The summed E-state index contributed by atoms with van der Waals surface area (Å²) in [5, 5.41) is 30.1. The molecule has 28 heavy (non-hydrogen) atoms. The van der Waals surface area contributed by atoms with Crippen molar-refractivity contribution in [2.24, 2.45) is 0 Å². The van der Waals surface area contributed by atoms with Crippen LogP contribution in [-0.4, -0.2) is 42.5 Å². The Hall–Kier alpha value is -1.74. The van der Waals surface area contributed by atoms with Crippen LogP contribution in [0.1, 0.15) is 12.1 Å². The zero-order chi connectivity index (χ0) is 19.7. The molecule has 4 rings (SSSR count). The maximum Gasteiger partial charge on any atom is 0.0915 e. The number of aromatic nitrogens is 4. The van der Waals surface area contributed by atoms with Gasteiger partial charge in [-0.15, -0.1) is 5.10 Å². The summed E-state index contributed by atoms with van der Waals surface area (Å²) in [6.45, 7) is 0.949. The van der Waals surface area contributed by atoms with Gasteiger partial charge in [0.1, 0.15) is 0 Å². The first-order chi connectivity index (χ1) is 13.5. The minimum Gasteiger partial charge on any atom is -0.396 e. The van der Waals surface area contributed by atoms with Gasteiger partial charge in [-0.1, -0.05) is 37.1 Å². The molecule has 2 heterocycles. The number of aliphatic hydroxyl groups is 2. The number of aryl methyl sites for hydroxylation is 1. The molecular formula is C20H20Br2N4O2. The van der Waals surface area contributed by atoms with Gasteiger partial charge in [-0.2, -0.15) is 0 Å². The fourth-order valence-electron chi connectivity index (χ4n) is 3.53. The summed E-state index contributed by atoms with van der Waals surface area (Å²) in [6, 6.07) is 12.4. The van der Waals surface area contributed by atoms with E-state index in [2.05, 4.69) is 71.0 Å². The predicted octanol–water partition coefficient (Wildman–Crippen LogP) is 3.90. The Bertz CT molecular complexity index is 1060. The van der Waals surface area contributed by atoms with E-state index in [-0.39, 0.29) is 6.61 Å². The predicted molar refractivity (Wildman–Crippen MR) is 116 cm³/mol. The van der Waals surface area contributed by atoms with Crippen LogP contribution in [0.4, 0.5) is 0 Å². The van der Waals surface area contributed by atoms with E-state index in [1.165, 1.54) is 0 Å². The third kappa shape index (κ3) is 4.00. The summed E-state index contributed by atoms with van der Waals surface area (Å²) in [4.78, 5) is 0. The molecule has 0 amide bonds. The molecule has 0 aliphatic heterocycles. The second-order valence-electron chi connectivity index (χ2n) is 6.85. The highest BCUT2D eigenvalue weighted by Crippen LogP contribution is 2.33. The molecule has 1 unspecified atom stereocenters. The molecule has 0 saturated heterocycles. The van der Waals surface area contributed by atoms with E-state index in [1.807, 2.05) is 18.3 Å². The topological polar surface area (TPSA) is 76.1 Å². The van der Waals surface area contributed by atoms with E-state index in [9.17, 15) is 5.11 Å². The van der Waals surface area contributed by atoms with Crippen LogP contribution in [0.2, 0.25) is 0 Å². The minimum atomic E-state index is -0.613. The Balaban J connectivity index is 1.62. The number of halogens is 2. The first-order valence-electron chi connectivity index (χ1n) is 9.10. The van der Waals surface area contributed by atoms with Crippen molar-refractivity contribution in [3.8, 4) is 0 Å². The van der Waals surface area contributed by atoms with Crippen molar-refractivity contribution in [2.75, 3.05) is 6.61 Å². The van der Waals surface area contributed by atoms with Gasteiger partial charge < -0.3 is 14.8 Å². The van der Waals surface area contributed by atoms with Crippen LogP contribution in [0.15, 0.2) is 51.5 Å². The number of aliphatic hydroxyl groups excluding tert-OH is 2. The number of hydrogen-bond donors (Lipinski definition) is 2. The summed E-state index contributed by atoms with van der Waals surface area (Å²) in [7, 11) is 0. The smallest absolute Gasteiger partial charge is 0.0915 e. The third-order valence-electron chi connectivity index (χ3n) is 4.76. The summed E-state index contributed by atoms with van der Waals surface area (Å²) in [5.74, 6) is 0. The van der Waals surface area contributed by atoms with Crippen molar-refractivity contribution in [2.45, 2.75) is 32.0 Å². The Morgan fingerprint density at radius 1 is 0.964 bits per heavy atom. The van der Waals surface area contributed by atoms with Crippen LogP contribution in [0, 0.1) is 0 Å². The Morgan fingerprint density at radius 2 is 1.61 bits per heavy atom. The monoisotopic (exact) mass is 506 g/mol. The van der Waals surface area contributed by atoms with E-state index in [0.29, 0.717) is 25.9 Å². The second-order valence-corrected chi connectivity index (χ2v) is 8.68. The molecule has 0 radical (unpaired) electrons. The lowest BCUT2D eigenvalue weighted by atomic mass is 10.2. The highest BCUT2D eigenvalue weighted by atomic mass is 79.9. The molecule has 6 nitrogen and oxygen atoms in total. The van der Waals surface area contributed by atoms with Crippen molar-refractivity contribution in [1.82, 2.24) is 19.6 Å². The van der Waals surface area contributed by atoms with E-state index in [1.54, 1.807) is 4.68 Å². The van der Waals surface area contributed by atoms with Crippen molar-refractivity contribution < 1.29 is 10.2 Å². The molecule has 8 heteroatoms. The molecule has 0 fully saturated rings. The molecule has 0 bridgehead atoms. The van der Waals surface area contributed by atoms with Gasteiger partial charge in [-0.25, -0.2) is 4.68 Å². The highest BCUT2D eigenvalue weighted by Gasteiger charge is 2.15. The molecular weight excluding hydrogens is 488 g/mol. The average Bonchev–Trinajstić information content (AvgIpc) is 3.22. The van der Waals surface area contributed by atoms with E-state index in [0.717, 1.165) is 36.4 Å². The summed E-state index contributed by atoms with van der Waals surface area (Å²) < 4.78 is 5.87. The van der Waals surface area contributed by atoms with Crippen molar-refractivity contribution in [3.05, 3.63) is 57.2 Å². The summed E-state index contributed by atoms with van der Waals surface area (Å²) in [5.41, 5.74) is 2.99. The van der Waals surface area contributed by atoms with E-state index in [4.69, 9.17) is 5.11 Å². The Morgan fingerprint density at radius 3 is 2.21 bits per heavy atom. The zero-order valence-corrected chi connectivity index (χ0v) is 18.3. The van der Waals surface area contributed by atoms with Gasteiger partial charge >= 0.3 is 0 Å². The number of benzene rings is 2. The van der Waals surface area contributed by atoms with Crippen LogP contribution < -0.4 is 0 Å². The number of rotatable bonds is 7. The lowest BCUT2D eigenvalue weighted by Crippen LogP contribution is -2.22. The van der Waals surface area contributed by atoms with Gasteiger partial charge in [0, 0.05) is 43.6 Å². The van der Waals surface area contributed by atoms with E-state index >= 15 is 0 Å². The molecule has 0 spiro atoms. The van der Waals surface area contributed by atoms with Crippen LogP contribution in [0.5, 0.6) is 0 Å².